The molecule has 0 unspecified atom stereocenters. The minimum atomic E-state index is -4.36. The number of hydrogen-bond acceptors (Lipinski definition) is 6. The number of anilines is 1. The number of alkyl carbamates (subject to hydrolysis) is 1. The minimum Gasteiger partial charge on any atom is -0.444 e. The van der Waals surface area contributed by atoms with Crippen molar-refractivity contribution in [2.75, 3.05) is 17.2 Å². The first-order valence-corrected chi connectivity index (χ1v) is 13.8. The van der Waals surface area contributed by atoms with Crippen molar-refractivity contribution >= 4 is 33.4 Å². The summed E-state index contributed by atoms with van der Waals surface area (Å²) in [5, 5.41) is 4.73. The van der Waals surface area contributed by atoms with E-state index < -0.39 is 57.7 Å². The lowest BCUT2D eigenvalue weighted by Crippen LogP contribution is -2.51. The summed E-state index contributed by atoms with van der Waals surface area (Å²) in [5.74, 6) is -2.21. The van der Waals surface area contributed by atoms with E-state index in [1.165, 1.54) is 18.2 Å². The van der Waals surface area contributed by atoms with Gasteiger partial charge in [-0.2, -0.15) is 13.2 Å². The lowest BCUT2D eigenvalue weighted by Gasteiger charge is -2.27. The van der Waals surface area contributed by atoms with E-state index in [1.54, 1.807) is 51.1 Å². The van der Waals surface area contributed by atoms with Gasteiger partial charge < -0.3 is 20.3 Å². The van der Waals surface area contributed by atoms with Crippen molar-refractivity contribution in [3.63, 3.8) is 0 Å². The molecule has 0 saturated carbocycles. The molecule has 1 atom stereocenters. The fourth-order valence-electron chi connectivity index (χ4n) is 3.89. The monoisotopic (exact) mass is 569 g/mol. The normalized spacial score (nSPS) is 17.1. The highest BCUT2D eigenvalue weighted by Gasteiger charge is 2.39. The number of amides is 3. The SMILES string of the molecule is CC(C)(C)OC(=O)N[C@H]1CS(=O)(=O)c2ccc(C(=O)NCCCC(F)(F)F)cc2N(Cc2ccccc2)C1=O. The number of rotatable bonds is 7. The number of fused-ring (bicyclic) bond motifs is 1. The highest BCUT2D eigenvalue weighted by Crippen LogP contribution is 2.33. The lowest BCUT2D eigenvalue weighted by molar-refractivity contribution is -0.135. The highest BCUT2D eigenvalue weighted by molar-refractivity contribution is 7.91. The maximum atomic E-state index is 13.7. The summed E-state index contributed by atoms with van der Waals surface area (Å²) in [5.41, 5.74) is -0.374. The number of sulfone groups is 1. The smallest absolute Gasteiger partial charge is 0.408 e. The molecule has 1 aliphatic heterocycles. The van der Waals surface area contributed by atoms with Crippen LogP contribution in [0, 0.1) is 0 Å². The Morgan fingerprint density at radius 3 is 2.36 bits per heavy atom. The van der Waals surface area contributed by atoms with E-state index in [4.69, 9.17) is 4.74 Å². The molecule has 0 spiro atoms. The number of hydrogen-bond donors (Lipinski definition) is 2. The Bertz CT molecular complexity index is 1320. The molecule has 2 aromatic rings. The Labute approximate surface area is 224 Å². The second-order valence-electron chi connectivity index (χ2n) is 10.0. The number of halogens is 3. The van der Waals surface area contributed by atoms with E-state index in [1.807, 2.05) is 0 Å². The summed E-state index contributed by atoms with van der Waals surface area (Å²) >= 11 is 0. The van der Waals surface area contributed by atoms with Gasteiger partial charge in [-0.1, -0.05) is 30.3 Å². The molecule has 0 radical (unpaired) electrons. The summed E-state index contributed by atoms with van der Waals surface area (Å²) in [4.78, 5) is 39.7. The second-order valence-corrected chi connectivity index (χ2v) is 12.1. The Morgan fingerprint density at radius 1 is 1.08 bits per heavy atom. The Balaban J connectivity index is 1.97. The Hall–Kier alpha value is -3.61. The summed E-state index contributed by atoms with van der Waals surface area (Å²) < 4.78 is 69.1. The number of nitrogens with zero attached hydrogens (tertiary/aromatic N) is 1. The fourth-order valence-corrected chi connectivity index (χ4v) is 5.50. The Kier molecular flexibility index (Phi) is 8.94. The van der Waals surface area contributed by atoms with Crippen LogP contribution in [0.1, 0.15) is 49.5 Å². The molecule has 1 aliphatic rings. The van der Waals surface area contributed by atoms with Gasteiger partial charge in [0, 0.05) is 18.5 Å². The van der Waals surface area contributed by atoms with Gasteiger partial charge in [-0.15, -0.1) is 0 Å². The molecule has 2 N–H and O–H groups in total. The van der Waals surface area contributed by atoms with Gasteiger partial charge in [0.25, 0.3) is 11.8 Å². The second kappa shape index (κ2) is 11.6. The molecule has 2 aromatic carbocycles. The van der Waals surface area contributed by atoms with Crippen molar-refractivity contribution in [3.8, 4) is 0 Å². The van der Waals surface area contributed by atoms with Crippen molar-refractivity contribution < 1.29 is 40.7 Å². The van der Waals surface area contributed by atoms with Gasteiger partial charge in [-0.25, -0.2) is 13.2 Å². The van der Waals surface area contributed by atoms with Gasteiger partial charge in [-0.3, -0.25) is 9.59 Å². The first kappa shape index (κ1) is 29.9. The third kappa shape index (κ3) is 8.44. The summed E-state index contributed by atoms with van der Waals surface area (Å²) in [7, 11) is -4.14. The molecule has 0 aromatic heterocycles. The maximum Gasteiger partial charge on any atom is 0.408 e. The number of nitrogens with one attached hydrogen (secondary N) is 2. The fraction of sp³-hybridized carbons (Fsp3) is 0.423. The summed E-state index contributed by atoms with van der Waals surface area (Å²) in [6.07, 6.45) is -6.72. The first-order chi connectivity index (χ1) is 18.1. The van der Waals surface area contributed by atoms with E-state index in [2.05, 4.69) is 10.6 Å². The summed E-state index contributed by atoms with van der Waals surface area (Å²) in [6, 6.07) is 10.8. The van der Waals surface area contributed by atoms with Crippen molar-refractivity contribution in [2.24, 2.45) is 0 Å². The number of ether oxygens (including phenoxy) is 1. The average Bonchev–Trinajstić information content (AvgIpc) is 2.89. The maximum absolute atomic E-state index is 13.7. The van der Waals surface area contributed by atoms with Gasteiger partial charge in [0.1, 0.15) is 11.6 Å². The third-order valence-corrected chi connectivity index (χ3v) is 7.38. The van der Waals surface area contributed by atoms with Gasteiger partial charge in [-0.05, 0) is 51.0 Å². The van der Waals surface area contributed by atoms with Crippen molar-refractivity contribution in [1.82, 2.24) is 10.6 Å². The van der Waals surface area contributed by atoms with Crippen LogP contribution in [-0.4, -0.2) is 56.4 Å². The van der Waals surface area contributed by atoms with E-state index >= 15 is 0 Å². The molecule has 3 amide bonds. The molecule has 1 heterocycles. The predicted molar refractivity (Wildman–Crippen MR) is 137 cm³/mol. The van der Waals surface area contributed by atoms with Gasteiger partial charge >= 0.3 is 12.3 Å². The van der Waals surface area contributed by atoms with Crippen LogP contribution in [0.3, 0.4) is 0 Å². The van der Waals surface area contributed by atoms with Crippen LogP contribution in [0.5, 0.6) is 0 Å². The molecule has 9 nitrogen and oxygen atoms in total. The van der Waals surface area contributed by atoms with Crippen LogP contribution >= 0.6 is 0 Å². The van der Waals surface area contributed by atoms with Gasteiger partial charge in [0.05, 0.1) is 22.9 Å². The molecule has 0 bridgehead atoms. The molecule has 3 rings (SSSR count). The standard InChI is InChI=1S/C26H30F3N3O6S/c1-25(2,3)38-24(35)31-19-16-39(36,37)21-11-10-18(22(33)30-13-7-12-26(27,28)29)14-20(21)32(23(19)34)15-17-8-5-4-6-9-17/h4-6,8-11,14,19H,7,12-13,15-16H2,1-3H3,(H,30,33)(H,31,35)/t19-/m0/s1. The molecule has 0 aliphatic carbocycles. The number of carbonyl (C=O) groups is 3. The molecule has 0 fully saturated rings. The van der Waals surface area contributed by atoms with Crippen molar-refractivity contribution in [1.29, 1.82) is 0 Å². The Morgan fingerprint density at radius 2 is 1.74 bits per heavy atom. The minimum absolute atomic E-state index is 0.0413. The number of benzene rings is 2. The number of alkyl halides is 3. The zero-order valence-electron chi connectivity index (χ0n) is 21.7. The molecule has 212 valence electrons. The summed E-state index contributed by atoms with van der Waals surface area (Å²) in [6.45, 7) is 4.52. The topological polar surface area (TPSA) is 122 Å². The molecule has 0 saturated heterocycles. The largest absolute Gasteiger partial charge is 0.444 e. The first-order valence-electron chi connectivity index (χ1n) is 12.1. The zero-order valence-corrected chi connectivity index (χ0v) is 22.5. The van der Waals surface area contributed by atoms with E-state index in [0.29, 0.717) is 5.56 Å². The van der Waals surface area contributed by atoms with Crippen LogP contribution in [-0.2, 0) is 25.9 Å². The third-order valence-electron chi connectivity index (χ3n) is 5.59. The number of carbonyl (C=O) groups excluding carboxylic acids is 3. The van der Waals surface area contributed by atoms with Crippen molar-refractivity contribution in [3.05, 3.63) is 59.7 Å². The van der Waals surface area contributed by atoms with Crippen LogP contribution in [0.2, 0.25) is 0 Å². The molecular weight excluding hydrogens is 539 g/mol. The van der Waals surface area contributed by atoms with Crippen molar-refractivity contribution in [2.45, 2.75) is 62.9 Å². The zero-order chi connectivity index (χ0) is 29.0. The van der Waals surface area contributed by atoms with E-state index in [0.717, 1.165) is 4.90 Å². The van der Waals surface area contributed by atoms with E-state index in [9.17, 15) is 36.0 Å². The molecule has 13 heteroatoms. The quantitative estimate of drug-likeness (QED) is 0.487. The predicted octanol–water partition coefficient (Wildman–Crippen LogP) is 3.97. The van der Waals surface area contributed by atoms with Crippen LogP contribution < -0.4 is 15.5 Å². The average molecular weight is 570 g/mol. The lowest BCUT2D eigenvalue weighted by atomic mass is 10.1. The van der Waals surface area contributed by atoms with Crippen LogP contribution in [0.4, 0.5) is 23.7 Å². The van der Waals surface area contributed by atoms with E-state index in [-0.39, 0.29) is 35.7 Å². The van der Waals surface area contributed by atoms with Crippen LogP contribution in [0.15, 0.2) is 53.4 Å². The van der Waals surface area contributed by atoms with Gasteiger partial charge in [0.15, 0.2) is 9.84 Å². The molecule has 39 heavy (non-hydrogen) atoms. The molecular formula is C26H30F3N3O6S. The highest BCUT2D eigenvalue weighted by atomic mass is 32.2. The van der Waals surface area contributed by atoms with Crippen LogP contribution in [0.25, 0.3) is 0 Å². The van der Waals surface area contributed by atoms with Gasteiger partial charge in [0.2, 0.25) is 0 Å².